The lowest BCUT2D eigenvalue weighted by atomic mass is 9.43. The zero-order valence-corrected chi connectivity index (χ0v) is 46.6. The molecule has 0 bridgehead atoms. The molecule has 0 aliphatic heterocycles. The molecule has 0 heterocycles. The largest absolute Gasteiger partial charge is 0.393 e. The number of carbonyl (C=O) groups is 4. The molecule has 8 aliphatic carbocycles. The average Bonchev–Trinajstić information content (AvgIpc) is 3.84. The highest BCUT2D eigenvalue weighted by Gasteiger charge is 2.65. The predicted octanol–water partition coefficient (Wildman–Crippen LogP) is 6.47. The van der Waals surface area contributed by atoms with Crippen molar-refractivity contribution < 1.29 is 55.3 Å². The molecule has 16 nitrogen and oxygen atoms in total. The highest BCUT2D eigenvalue weighted by atomic mass is 32.2. The summed E-state index contributed by atoms with van der Waals surface area (Å²) in [7, 11) is -7.92. The van der Waals surface area contributed by atoms with Gasteiger partial charge in [0.05, 0.1) is 23.7 Å². The minimum Gasteiger partial charge on any atom is -0.393 e. The lowest BCUT2D eigenvalue weighted by Gasteiger charge is -2.62. The molecule has 6 unspecified atom stereocenters. The van der Waals surface area contributed by atoms with Crippen LogP contribution in [0.1, 0.15) is 176 Å². The third kappa shape index (κ3) is 12.6. The van der Waals surface area contributed by atoms with Gasteiger partial charge in [-0.1, -0.05) is 41.5 Å². The third-order valence-electron chi connectivity index (χ3n) is 22.6. The van der Waals surface area contributed by atoms with Crippen molar-refractivity contribution >= 4 is 44.2 Å². The summed E-state index contributed by atoms with van der Waals surface area (Å²) in [6.45, 7) is 14.3. The predicted molar refractivity (Wildman–Crippen MR) is 279 cm³/mol. The standard InChI is InChI=1S/C53H87N3O9S.C2H7NO3S/c1-31(8-7-24-57)37-10-12-39-48-41(17-21-52(37,39)5)50(3)19-15-35(26-33(50)28-43(48)58)55-46(61)30-47(62)56-36-16-20-51(4)34(27-36)29-44(59)49-40-13-11-38(53(40,6)22-18-42(49)51)32(2)9-14-45(60)54-23-25-66(63,64)65;3-1-2-7(4,5)6/h24,31-44,48-49,58-59H,7-23,25-30H2,1-6H3,(H,54,60)(H,55,61)(H,56,62)(H,63,64,65);1-3H2,(H,4,5,6)/t31-,32-,33?,34?,35?,36?,37-,38-,39-,40-,41-,42-,43+,44+,48?,49?,50+,51+,52-,53-;/m1./s1. The Kier molecular flexibility index (Phi) is 18.4. The summed E-state index contributed by atoms with van der Waals surface area (Å²) in [6.07, 6.45) is 18.9. The zero-order valence-electron chi connectivity index (χ0n) is 44.9. The summed E-state index contributed by atoms with van der Waals surface area (Å²) in [5.41, 5.74) is 5.32. The first-order valence-corrected chi connectivity index (χ1v) is 31.6. The first-order valence-electron chi connectivity index (χ1n) is 28.4. The fourth-order valence-corrected chi connectivity index (χ4v) is 19.7. The Morgan fingerprint density at radius 3 is 1.44 bits per heavy atom. The minimum absolute atomic E-state index is 0.0116. The van der Waals surface area contributed by atoms with Crippen LogP contribution in [0.15, 0.2) is 0 Å². The van der Waals surface area contributed by atoms with Gasteiger partial charge in [0.15, 0.2) is 0 Å². The molecule has 9 N–H and O–H groups in total. The summed E-state index contributed by atoms with van der Waals surface area (Å²) >= 11 is 0. The maximum Gasteiger partial charge on any atom is 0.266 e. The van der Waals surface area contributed by atoms with Crippen LogP contribution in [0.3, 0.4) is 0 Å². The van der Waals surface area contributed by atoms with Gasteiger partial charge in [0, 0.05) is 38.0 Å². The smallest absolute Gasteiger partial charge is 0.266 e. The SMILES string of the molecule is C[C@H](CCC=O)[C@H]1CC[C@@H]2C3[C@@H](CC[C@@]21C)[C@@]1(C)CCC(NC(=O)CC(=O)NC2CC[C@@]4(C)C(C2)C[C@H](O)C2[C@H]5CC[C@H]([C@H](C)CCC(=O)NCCS(=O)(=O)O)[C@@]5(C)CC[C@H]24)CC1C[C@@H]3O.NCCS(=O)(=O)O. The van der Waals surface area contributed by atoms with Crippen molar-refractivity contribution in [2.45, 2.75) is 201 Å². The van der Waals surface area contributed by atoms with Crippen LogP contribution < -0.4 is 21.7 Å². The van der Waals surface area contributed by atoms with E-state index in [9.17, 15) is 46.2 Å². The van der Waals surface area contributed by atoms with E-state index < -0.39 is 32.1 Å². The fraction of sp³-hybridized carbons (Fsp3) is 0.927. The molecule has 8 saturated carbocycles. The molecule has 8 rings (SSSR count). The van der Waals surface area contributed by atoms with Gasteiger partial charge >= 0.3 is 0 Å². The number of aliphatic hydroxyl groups excluding tert-OH is 2. The van der Waals surface area contributed by atoms with Crippen LogP contribution in [-0.2, 0) is 39.4 Å². The second kappa shape index (κ2) is 23.0. The van der Waals surface area contributed by atoms with Gasteiger partial charge in [-0.05, 0) is 208 Å². The van der Waals surface area contributed by atoms with Gasteiger partial charge in [-0.2, -0.15) is 16.8 Å². The van der Waals surface area contributed by atoms with E-state index in [-0.39, 0.29) is 88.8 Å². The van der Waals surface area contributed by atoms with Crippen molar-refractivity contribution in [1.82, 2.24) is 16.0 Å². The number of nitrogens with two attached hydrogens (primary N) is 1. The van der Waals surface area contributed by atoms with Crippen molar-refractivity contribution in [2.75, 3.05) is 24.6 Å². The van der Waals surface area contributed by atoms with Gasteiger partial charge < -0.3 is 36.7 Å². The number of rotatable bonds is 17. The van der Waals surface area contributed by atoms with E-state index in [1.807, 2.05) is 0 Å². The first-order chi connectivity index (χ1) is 34.2. The molecule has 73 heavy (non-hydrogen) atoms. The van der Waals surface area contributed by atoms with Crippen molar-refractivity contribution in [3.63, 3.8) is 0 Å². The van der Waals surface area contributed by atoms with Crippen molar-refractivity contribution in [2.24, 2.45) is 98.4 Å². The van der Waals surface area contributed by atoms with Crippen LogP contribution in [0.25, 0.3) is 0 Å². The Hall–Kier alpha value is -2.22. The van der Waals surface area contributed by atoms with E-state index in [0.717, 1.165) is 103 Å². The molecular formula is C55H94N4O12S2. The maximum atomic E-state index is 13.5. The Balaban J connectivity index is 0.00000104. The summed E-state index contributed by atoms with van der Waals surface area (Å²) < 4.78 is 58.4. The van der Waals surface area contributed by atoms with Gasteiger partial charge in [0.1, 0.15) is 12.7 Å². The van der Waals surface area contributed by atoms with Gasteiger partial charge in [0.25, 0.3) is 20.2 Å². The van der Waals surface area contributed by atoms with Crippen LogP contribution in [0.2, 0.25) is 0 Å². The quantitative estimate of drug-likeness (QED) is 0.0441. The Bertz CT molecular complexity index is 2200. The number of aliphatic hydroxyl groups is 2. The van der Waals surface area contributed by atoms with Crippen LogP contribution in [0.4, 0.5) is 0 Å². The van der Waals surface area contributed by atoms with Crippen molar-refractivity contribution in [3.8, 4) is 0 Å². The van der Waals surface area contributed by atoms with E-state index in [2.05, 4.69) is 57.5 Å². The number of carbonyl (C=O) groups excluding carboxylic acids is 4. The number of hydrogen-bond donors (Lipinski definition) is 8. The van der Waals surface area contributed by atoms with E-state index in [4.69, 9.17) is 14.8 Å². The first kappa shape index (κ1) is 58.5. The van der Waals surface area contributed by atoms with Crippen LogP contribution in [0, 0.1) is 92.7 Å². The number of amides is 3. The molecule has 18 heteroatoms. The maximum absolute atomic E-state index is 13.5. The van der Waals surface area contributed by atoms with Gasteiger partial charge in [-0.3, -0.25) is 23.5 Å². The topological polar surface area (TPSA) is 280 Å². The second-order valence-corrected chi connectivity index (χ2v) is 29.4. The molecule has 0 saturated heterocycles. The molecule has 0 aromatic carbocycles. The molecule has 3 amide bonds. The Labute approximate surface area is 437 Å². The summed E-state index contributed by atoms with van der Waals surface area (Å²) in [6, 6.07) is -0.000379. The number of fused-ring (bicyclic) bond motifs is 10. The van der Waals surface area contributed by atoms with Crippen molar-refractivity contribution in [3.05, 3.63) is 0 Å². The monoisotopic (exact) mass is 1070 g/mol. The Morgan fingerprint density at radius 1 is 0.603 bits per heavy atom. The molecule has 20 atom stereocenters. The lowest BCUT2D eigenvalue weighted by molar-refractivity contribution is -0.167. The van der Waals surface area contributed by atoms with Crippen LogP contribution in [0.5, 0.6) is 0 Å². The molecule has 0 radical (unpaired) electrons. The van der Waals surface area contributed by atoms with Crippen molar-refractivity contribution in [1.29, 1.82) is 0 Å². The Morgan fingerprint density at radius 2 is 1.03 bits per heavy atom. The normalized spacial score (nSPS) is 42.6. The van der Waals surface area contributed by atoms with Gasteiger partial charge in [0.2, 0.25) is 17.7 Å². The summed E-state index contributed by atoms with van der Waals surface area (Å²) in [4.78, 5) is 50.7. The number of aldehydes is 1. The minimum atomic E-state index is -4.12. The van der Waals surface area contributed by atoms with E-state index in [1.165, 1.54) is 19.3 Å². The molecule has 8 aliphatic rings. The van der Waals surface area contributed by atoms with Crippen LogP contribution >= 0.6 is 0 Å². The molecule has 418 valence electrons. The highest BCUT2D eigenvalue weighted by Crippen LogP contribution is 2.70. The molecule has 0 spiro atoms. The average molecular weight is 1070 g/mol. The summed E-state index contributed by atoms with van der Waals surface area (Å²) in [5, 5.41) is 33.0. The zero-order chi connectivity index (χ0) is 53.5. The molecule has 8 fully saturated rings. The van der Waals surface area contributed by atoms with Gasteiger partial charge in [-0.15, -0.1) is 0 Å². The number of nitrogens with one attached hydrogen (secondary N) is 3. The lowest BCUT2D eigenvalue weighted by Crippen LogP contribution is -2.60. The summed E-state index contributed by atoms with van der Waals surface area (Å²) in [5.74, 6) is 3.51. The molecule has 0 aromatic heterocycles. The molecule has 0 aromatic rings. The molecular weight excluding hydrogens is 973 g/mol. The second-order valence-electron chi connectivity index (χ2n) is 26.3. The van der Waals surface area contributed by atoms with Gasteiger partial charge in [-0.25, -0.2) is 0 Å². The fourth-order valence-electron chi connectivity index (χ4n) is 19.0. The van der Waals surface area contributed by atoms with E-state index >= 15 is 0 Å². The van der Waals surface area contributed by atoms with E-state index in [1.54, 1.807) is 0 Å². The highest BCUT2D eigenvalue weighted by molar-refractivity contribution is 7.86. The number of hydrogen-bond acceptors (Lipinski definition) is 11. The third-order valence-corrected chi connectivity index (χ3v) is 24.0. The van der Waals surface area contributed by atoms with E-state index in [0.29, 0.717) is 77.9 Å². The van der Waals surface area contributed by atoms with Crippen LogP contribution in [-0.4, -0.2) is 109 Å².